The maximum atomic E-state index is 10.7. The van der Waals surface area contributed by atoms with E-state index in [0.29, 0.717) is 23.2 Å². The normalized spacial score (nSPS) is 20.5. The van der Waals surface area contributed by atoms with E-state index in [-0.39, 0.29) is 0 Å². The van der Waals surface area contributed by atoms with Gasteiger partial charge in [0.1, 0.15) is 5.82 Å². The molecule has 6 rings (SSSR count). The van der Waals surface area contributed by atoms with Crippen molar-refractivity contribution in [2.45, 2.75) is 72.3 Å². The van der Waals surface area contributed by atoms with Crippen LogP contribution in [-0.2, 0) is 0 Å². The molecular weight excluding hydrogens is 524 g/mol. The van der Waals surface area contributed by atoms with E-state index in [1.54, 1.807) is 6.92 Å². The van der Waals surface area contributed by atoms with Crippen LogP contribution in [0, 0.1) is 12.8 Å². The van der Waals surface area contributed by atoms with Gasteiger partial charge in [0.05, 0.1) is 23.0 Å². The summed E-state index contributed by atoms with van der Waals surface area (Å²) in [6, 6.07) is 4.44. The highest BCUT2D eigenvalue weighted by molar-refractivity contribution is 5.63. The SMILES string of the molecule is CC(C)=c1/c(=C(\C)O)c(C)c2cnc(=Nc3ccc(N4CCN(CC5CCNCC5)CC4)cn3)nc-2n1C1CCCC1. The Hall–Kier alpha value is -3.30. The zero-order valence-corrected chi connectivity index (χ0v) is 25.7. The van der Waals surface area contributed by atoms with Crippen molar-refractivity contribution in [3.63, 3.8) is 0 Å². The van der Waals surface area contributed by atoms with Gasteiger partial charge in [0.25, 0.3) is 5.62 Å². The summed E-state index contributed by atoms with van der Waals surface area (Å²) in [6.07, 6.45) is 11.0. The van der Waals surface area contributed by atoms with Crippen LogP contribution >= 0.6 is 0 Å². The van der Waals surface area contributed by atoms with Crippen molar-refractivity contribution in [1.82, 2.24) is 29.7 Å². The number of aromatic nitrogens is 4. The third-order valence-electron chi connectivity index (χ3n) is 9.43. The molecule has 2 saturated heterocycles. The molecule has 0 aromatic carbocycles. The van der Waals surface area contributed by atoms with Crippen molar-refractivity contribution >= 4 is 22.8 Å². The average Bonchev–Trinajstić information content (AvgIpc) is 3.53. The molecule has 0 unspecified atom stereocenters. The fourth-order valence-corrected chi connectivity index (χ4v) is 7.21. The number of nitrogens with one attached hydrogen (secondary N) is 1. The van der Waals surface area contributed by atoms with Crippen molar-refractivity contribution in [3.05, 3.63) is 46.3 Å². The smallest absolute Gasteiger partial charge is 0.253 e. The minimum atomic E-state index is 0.332. The maximum Gasteiger partial charge on any atom is 0.253 e. The molecule has 3 fully saturated rings. The molecule has 1 saturated carbocycles. The first kappa shape index (κ1) is 28.8. The predicted octanol–water partition coefficient (Wildman–Crippen LogP) is 3.43. The van der Waals surface area contributed by atoms with Gasteiger partial charge in [-0.1, -0.05) is 18.4 Å². The molecule has 0 amide bonds. The summed E-state index contributed by atoms with van der Waals surface area (Å²) in [7, 11) is 0. The summed E-state index contributed by atoms with van der Waals surface area (Å²) in [5, 5.41) is 16.2. The lowest BCUT2D eigenvalue weighted by atomic mass is 9.97. The molecule has 0 atom stereocenters. The number of hydrogen-bond donors (Lipinski definition) is 2. The Morgan fingerprint density at radius 1 is 0.976 bits per heavy atom. The molecule has 1 aromatic rings. The van der Waals surface area contributed by atoms with Crippen LogP contribution in [0.1, 0.15) is 70.9 Å². The summed E-state index contributed by atoms with van der Waals surface area (Å²) in [5.74, 6) is 2.66. The lowest BCUT2D eigenvalue weighted by molar-refractivity contribution is 0.196. The molecule has 42 heavy (non-hydrogen) atoms. The van der Waals surface area contributed by atoms with Gasteiger partial charge >= 0.3 is 0 Å². The van der Waals surface area contributed by atoms with Gasteiger partial charge in [-0.05, 0) is 90.1 Å². The Bertz CT molecular complexity index is 1550. The summed E-state index contributed by atoms with van der Waals surface area (Å²) < 4.78 is 2.35. The molecule has 0 spiro atoms. The zero-order valence-electron chi connectivity index (χ0n) is 25.7. The number of nitrogens with zero attached hydrogens (tertiary/aromatic N) is 7. The minimum Gasteiger partial charge on any atom is -0.512 e. The highest BCUT2D eigenvalue weighted by atomic mass is 16.3. The largest absolute Gasteiger partial charge is 0.512 e. The fraction of sp³-hybridized carbons (Fsp3) is 0.576. The van der Waals surface area contributed by atoms with Gasteiger partial charge in [0.2, 0.25) is 0 Å². The van der Waals surface area contributed by atoms with E-state index in [4.69, 9.17) is 9.98 Å². The number of piperidine rings is 1. The van der Waals surface area contributed by atoms with E-state index in [2.05, 4.69) is 56.5 Å². The maximum absolute atomic E-state index is 10.7. The molecule has 5 aliphatic rings. The molecule has 1 aromatic heterocycles. The third kappa shape index (κ3) is 5.95. The standard InChI is InChI=1S/C33H46N8O/c1-22(2)31-30(24(4)42)23(3)28-20-36-33(38-32(28)41(31)26-7-5-6-8-26)37-29-10-9-27(19-35-29)40-17-15-39(16-18-40)21-25-11-13-34-14-12-25/h9-10,19-20,25-26,34,42H,5-8,11-18,21H2,1-4H3/b30-24+,37-33?. The highest BCUT2D eigenvalue weighted by Crippen LogP contribution is 2.32. The molecule has 9 heteroatoms. The lowest BCUT2D eigenvalue weighted by Gasteiger charge is -2.38. The van der Waals surface area contributed by atoms with Gasteiger partial charge in [-0.25, -0.2) is 9.97 Å². The minimum absolute atomic E-state index is 0.332. The van der Waals surface area contributed by atoms with Crippen molar-refractivity contribution in [2.75, 3.05) is 50.7 Å². The van der Waals surface area contributed by atoms with Crippen LogP contribution < -0.4 is 26.4 Å². The molecule has 5 heterocycles. The second-order valence-corrected chi connectivity index (χ2v) is 12.6. The van der Waals surface area contributed by atoms with Crippen LogP contribution in [0.4, 0.5) is 11.5 Å². The van der Waals surface area contributed by atoms with Crippen LogP contribution in [-0.4, -0.2) is 75.3 Å². The molecule has 224 valence electrons. The van der Waals surface area contributed by atoms with Crippen LogP contribution in [0.5, 0.6) is 0 Å². The second-order valence-electron chi connectivity index (χ2n) is 12.6. The first-order chi connectivity index (χ1) is 20.4. The average molecular weight is 571 g/mol. The Balaban J connectivity index is 1.27. The van der Waals surface area contributed by atoms with Crippen LogP contribution in [0.15, 0.2) is 29.5 Å². The van der Waals surface area contributed by atoms with Gasteiger partial charge in [0, 0.05) is 55.7 Å². The zero-order chi connectivity index (χ0) is 29.2. The van der Waals surface area contributed by atoms with Crippen LogP contribution in [0.2, 0.25) is 0 Å². The van der Waals surface area contributed by atoms with Crippen molar-refractivity contribution in [1.29, 1.82) is 0 Å². The Morgan fingerprint density at radius 3 is 2.36 bits per heavy atom. The first-order valence-corrected chi connectivity index (χ1v) is 15.8. The predicted molar refractivity (Wildman–Crippen MR) is 168 cm³/mol. The Kier molecular flexibility index (Phi) is 8.58. The van der Waals surface area contributed by atoms with Gasteiger partial charge < -0.3 is 19.9 Å². The van der Waals surface area contributed by atoms with Crippen molar-refractivity contribution in [2.24, 2.45) is 10.9 Å². The van der Waals surface area contributed by atoms with Crippen LogP contribution in [0.3, 0.4) is 0 Å². The van der Waals surface area contributed by atoms with E-state index in [1.807, 2.05) is 18.5 Å². The van der Waals surface area contributed by atoms with Crippen LogP contribution in [0.25, 0.3) is 22.7 Å². The molecule has 9 nitrogen and oxygen atoms in total. The quantitative estimate of drug-likeness (QED) is 0.485. The summed E-state index contributed by atoms with van der Waals surface area (Å²) in [6.45, 7) is 15.9. The summed E-state index contributed by atoms with van der Waals surface area (Å²) in [5.41, 5.74) is 4.68. The Labute approximate surface area is 249 Å². The molecular formula is C33H46N8O. The van der Waals surface area contributed by atoms with Crippen molar-refractivity contribution in [3.8, 4) is 11.4 Å². The molecule has 2 N–H and O–H groups in total. The fourth-order valence-electron chi connectivity index (χ4n) is 7.21. The highest BCUT2D eigenvalue weighted by Gasteiger charge is 2.25. The monoisotopic (exact) mass is 570 g/mol. The number of pyridine rings is 2. The topological polar surface area (TPSA) is 94.7 Å². The first-order valence-electron chi connectivity index (χ1n) is 15.8. The molecule has 0 radical (unpaired) electrons. The van der Waals surface area contributed by atoms with E-state index in [1.165, 1.54) is 45.3 Å². The number of piperazine rings is 1. The van der Waals surface area contributed by atoms with Gasteiger partial charge in [-0.15, -0.1) is 0 Å². The Morgan fingerprint density at radius 2 is 1.71 bits per heavy atom. The number of anilines is 1. The van der Waals surface area contributed by atoms with Gasteiger partial charge in [-0.2, -0.15) is 9.98 Å². The molecule has 4 aliphatic heterocycles. The number of rotatable bonds is 5. The number of aliphatic hydroxyl groups is 1. The van der Waals surface area contributed by atoms with E-state index >= 15 is 0 Å². The number of fused-ring (bicyclic) bond motifs is 1. The third-order valence-corrected chi connectivity index (χ3v) is 9.43. The number of hydrogen-bond acceptors (Lipinski definition) is 8. The summed E-state index contributed by atoms with van der Waals surface area (Å²) >= 11 is 0. The van der Waals surface area contributed by atoms with E-state index in [9.17, 15) is 5.11 Å². The number of aliphatic hydroxyl groups excluding tert-OH is 1. The van der Waals surface area contributed by atoms with Gasteiger partial charge in [0.15, 0.2) is 5.82 Å². The summed E-state index contributed by atoms with van der Waals surface area (Å²) in [4.78, 5) is 24.1. The molecule has 1 aliphatic carbocycles. The van der Waals surface area contributed by atoms with Gasteiger partial charge in [-0.3, -0.25) is 4.90 Å². The lowest BCUT2D eigenvalue weighted by Crippen LogP contribution is -2.48. The van der Waals surface area contributed by atoms with Crippen molar-refractivity contribution < 1.29 is 5.11 Å². The van der Waals surface area contributed by atoms with E-state index in [0.717, 1.165) is 83.7 Å². The van der Waals surface area contributed by atoms with E-state index < -0.39 is 0 Å². The second kappa shape index (κ2) is 12.5. The molecule has 0 bridgehead atoms.